The van der Waals surface area contributed by atoms with Crippen LogP contribution in [0.25, 0.3) is 17.0 Å². The Morgan fingerprint density at radius 3 is 2.83 bits per heavy atom. The highest BCUT2D eigenvalue weighted by atomic mass is 35.5. The topological polar surface area (TPSA) is 56.2 Å². The number of hydrogen-bond donors (Lipinski definition) is 1. The summed E-state index contributed by atoms with van der Waals surface area (Å²) >= 11 is 6.13. The van der Waals surface area contributed by atoms with E-state index in [1.807, 2.05) is 41.8 Å². The zero-order chi connectivity index (χ0) is 12.7. The number of nitrogens with zero attached hydrogens (tertiary/aromatic N) is 3. The van der Waals surface area contributed by atoms with Crippen molar-refractivity contribution in [3.05, 3.63) is 47.1 Å². The molecule has 0 aliphatic rings. The summed E-state index contributed by atoms with van der Waals surface area (Å²) in [5.74, 6) is 0.748. The molecule has 2 N–H and O–H groups in total. The van der Waals surface area contributed by atoms with Gasteiger partial charge in [-0.2, -0.15) is 0 Å². The lowest BCUT2D eigenvalue weighted by Crippen LogP contribution is -1.94. The first-order valence-electron chi connectivity index (χ1n) is 5.52. The summed E-state index contributed by atoms with van der Waals surface area (Å²) in [6.07, 6.45) is 1.81. The standard InChI is InChI=1S/C13H11ClN4/c1-8-10(3-2-4-11(8)14)13-17-16-12-6-5-9(15)7-18(12)13/h2-7H,15H2,1H3. The maximum atomic E-state index is 6.13. The van der Waals surface area contributed by atoms with Gasteiger partial charge in [0, 0.05) is 22.5 Å². The molecule has 0 spiro atoms. The zero-order valence-corrected chi connectivity index (χ0v) is 10.5. The summed E-state index contributed by atoms with van der Waals surface area (Å²) in [5.41, 5.74) is 9.17. The van der Waals surface area contributed by atoms with Gasteiger partial charge in [-0.3, -0.25) is 4.40 Å². The molecule has 2 aromatic heterocycles. The second-order valence-corrected chi connectivity index (χ2v) is 4.53. The molecule has 3 aromatic rings. The first-order valence-corrected chi connectivity index (χ1v) is 5.90. The molecule has 4 nitrogen and oxygen atoms in total. The summed E-state index contributed by atoms with van der Waals surface area (Å²) in [4.78, 5) is 0. The Labute approximate surface area is 109 Å². The van der Waals surface area contributed by atoms with Crippen molar-refractivity contribution in [1.29, 1.82) is 0 Å². The number of nitrogen functional groups attached to an aromatic ring is 1. The number of rotatable bonds is 1. The van der Waals surface area contributed by atoms with Crippen molar-refractivity contribution in [2.24, 2.45) is 0 Å². The Bertz CT molecular complexity index is 733. The van der Waals surface area contributed by atoms with Crippen LogP contribution in [-0.2, 0) is 0 Å². The number of nitrogens with two attached hydrogens (primary N) is 1. The molecule has 18 heavy (non-hydrogen) atoms. The Balaban J connectivity index is 2.32. The van der Waals surface area contributed by atoms with Gasteiger partial charge in [-0.1, -0.05) is 23.7 Å². The fraction of sp³-hybridized carbons (Fsp3) is 0.0769. The molecule has 0 saturated heterocycles. The van der Waals surface area contributed by atoms with Crippen molar-refractivity contribution in [2.45, 2.75) is 6.92 Å². The lowest BCUT2D eigenvalue weighted by Gasteiger charge is -2.06. The van der Waals surface area contributed by atoms with E-state index < -0.39 is 0 Å². The van der Waals surface area contributed by atoms with E-state index in [0.29, 0.717) is 10.7 Å². The molecule has 0 atom stereocenters. The van der Waals surface area contributed by atoms with E-state index in [9.17, 15) is 0 Å². The second kappa shape index (κ2) is 3.99. The average Bonchev–Trinajstić information content (AvgIpc) is 2.75. The molecule has 0 amide bonds. The lowest BCUT2D eigenvalue weighted by molar-refractivity contribution is 1.11. The fourth-order valence-corrected chi connectivity index (χ4v) is 2.12. The zero-order valence-electron chi connectivity index (χ0n) is 9.76. The Hall–Kier alpha value is -2.07. The summed E-state index contributed by atoms with van der Waals surface area (Å²) in [5, 5.41) is 9.04. The van der Waals surface area contributed by atoms with E-state index in [2.05, 4.69) is 10.2 Å². The summed E-state index contributed by atoms with van der Waals surface area (Å²) in [6.45, 7) is 1.96. The van der Waals surface area contributed by atoms with Gasteiger partial charge >= 0.3 is 0 Å². The van der Waals surface area contributed by atoms with Crippen LogP contribution >= 0.6 is 11.6 Å². The van der Waals surface area contributed by atoms with Crippen LogP contribution in [0, 0.1) is 6.92 Å². The fourth-order valence-electron chi connectivity index (χ4n) is 1.94. The highest BCUT2D eigenvalue weighted by molar-refractivity contribution is 6.31. The van der Waals surface area contributed by atoms with Crippen LogP contribution in [0.1, 0.15) is 5.56 Å². The number of hydrogen-bond acceptors (Lipinski definition) is 3. The second-order valence-electron chi connectivity index (χ2n) is 4.13. The van der Waals surface area contributed by atoms with Crippen LogP contribution in [-0.4, -0.2) is 14.6 Å². The molecular weight excluding hydrogens is 248 g/mol. The lowest BCUT2D eigenvalue weighted by atomic mass is 10.1. The van der Waals surface area contributed by atoms with Crippen LogP contribution in [0.2, 0.25) is 5.02 Å². The molecule has 0 aliphatic carbocycles. The highest BCUT2D eigenvalue weighted by Crippen LogP contribution is 2.27. The van der Waals surface area contributed by atoms with Gasteiger partial charge in [0.25, 0.3) is 0 Å². The van der Waals surface area contributed by atoms with Crippen LogP contribution in [0.3, 0.4) is 0 Å². The highest BCUT2D eigenvalue weighted by Gasteiger charge is 2.11. The van der Waals surface area contributed by atoms with Gasteiger partial charge in [-0.05, 0) is 30.7 Å². The van der Waals surface area contributed by atoms with Gasteiger partial charge in [-0.25, -0.2) is 0 Å². The molecule has 5 heteroatoms. The van der Waals surface area contributed by atoms with Crippen molar-refractivity contribution < 1.29 is 0 Å². The van der Waals surface area contributed by atoms with Crippen LogP contribution < -0.4 is 5.73 Å². The average molecular weight is 259 g/mol. The molecule has 0 radical (unpaired) electrons. The molecule has 1 aromatic carbocycles. The molecule has 0 unspecified atom stereocenters. The number of fused-ring (bicyclic) bond motifs is 1. The van der Waals surface area contributed by atoms with Crippen molar-refractivity contribution >= 4 is 22.9 Å². The first-order chi connectivity index (χ1) is 8.66. The smallest absolute Gasteiger partial charge is 0.168 e. The van der Waals surface area contributed by atoms with E-state index in [0.717, 1.165) is 22.6 Å². The van der Waals surface area contributed by atoms with Crippen molar-refractivity contribution in [3.63, 3.8) is 0 Å². The summed E-state index contributed by atoms with van der Waals surface area (Å²) in [7, 11) is 0. The molecule has 0 bridgehead atoms. The van der Waals surface area contributed by atoms with Crippen LogP contribution in [0.5, 0.6) is 0 Å². The van der Waals surface area contributed by atoms with Gasteiger partial charge in [0.2, 0.25) is 0 Å². The quantitative estimate of drug-likeness (QED) is 0.730. The van der Waals surface area contributed by atoms with Gasteiger partial charge in [-0.15, -0.1) is 10.2 Å². The maximum absolute atomic E-state index is 6.13. The van der Waals surface area contributed by atoms with Crippen LogP contribution in [0.4, 0.5) is 5.69 Å². The van der Waals surface area contributed by atoms with E-state index in [-0.39, 0.29) is 0 Å². The molecule has 0 aliphatic heterocycles. The largest absolute Gasteiger partial charge is 0.398 e. The van der Waals surface area contributed by atoms with Gasteiger partial charge < -0.3 is 5.73 Å². The Kier molecular flexibility index (Phi) is 2.45. The van der Waals surface area contributed by atoms with Crippen molar-refractivity contribution in [2.75, 3.05) is 5.73 Å². The summed E-state index contributed by atoms with van der Waals surface area (Å²) < 4.78 is 1.87. The van der Waals surface area contributed by atoms with Gasteiger partial charge in [0.15, 0.2) is 11.5 Å². The summed E-state index contributed by atoms with van der Waals surface area (Å²) in [6, 6.07) is 9.38. The minimum Gasteiger partial charge on any atom is -0.398 e. The monoisotopic (exact) mass is 258 g/mol. The minimum atomic E-state index is 0.670. The van der Waals surface area contributed by atoms with Crippen LogP contribution in [0.15, 0.2) is 36.5 Å². The number of halogens is 1. The third kappa shape index (κ3) is 1.62. The maximum Gasteiger partial charge on any atom is 0.168 e. The van der Waals surface area contributed by atoms with Crippen molar-refractivity contribution in [3.8, 4) is 11.4 Å². The molecule has 0 fully saturated rings. The molecular formula is C13H11ClN4. The van der Waals surface area contributed by atoms with E-state index >= 15 is 0 Å². The minimum absolute atomic E-state index is 0.670. The molecule has 0 saturated carbocycles. The van der Waals surface area contributed by atoms with Crippen molar-refractivity contribution in [1.82, 2.24) is 14.6 Å². The number of pyridine rings is 1. The van der Waals surface area contributed by atoms with E-state index in [1.165, 1.54) is 0 Å². The predicted octanol–water partition coefficient (Wildman–Crippen LogP) is 2.94. The number of anilines is 1. The van der Waals surface area contributed by atoms with E-state index in [4.69, 9.17) is 17.3 Å². The van der Waals surface area contributed by atoms with Gasteiger partial charge in [0.1, 0.15) is 0 Å². The SMILES string of the molecule is Cc1c(Cl)cccc1-c1nnc2ccc(N)cn12. The number of benzene rings is 1. The Morgan fingerprint density at radius 1 is 1.17 bits per heavy atom. The predicted molar refractivity (Wildman–Crippen MR) is 72.6 cm³/mol. The van der Waals surface area contributed by atoms with E-state index in [1.54, 1.807) is 6.07 Å². The number of aromatic nitrogens is 3. The molecule has 2 heterocycles. The molecule has 3 rings (SSSR count). The Morgan fingerprint density at radius 2 is 2.00 bits per heavy atom. The first kappa shape index (κ1) is 11.0. The third-order valence-corrected chi connectivity index (χ3v) is 3.34. The third-order valence-electron chi connectivity index (χ3n) is 2.93. The van der Waals surface area contributed by atoms with Gasteiger partial charge in [0.05, 0.1) is 0 Å². The molecule has 90 valence electrons. The normalized spacial score (nSPS) is 11.0.